The molecule has 8 aromatic rings. The van der Waals surface area contributed by atoms with Crippen LogP contribution in [0.1, 0.15) is 47.7 Å². The van der Waals surface area contributed by atoms with Crippen LogP contribution in [0.15, 0.2) is 138 Å². The molecule has 1 aliphatic rings. The number of furan rings is 1. The van der Waals surface area contributed by atoms with Gasteiger partial charge in [-0.25, -0.2) is 0 Å². The molecule has 43 heavy (non-hydrogen) atoms. The van der Waals surface area contributed by atoms with Crippen LogP contribution in [0.3, 0.4) is 0 Å². The predicted octanol–water partition coefficient (Wildman–Crippen LogP) is 10.8. The Labute approximate surface area is 250 Å². The molecule has 0 bridgehead atoms. The summed E-state index contributed by atoms with van der Waals surface area (Å²) in [5, 5.41) is 7.06. The molecule has 0 fully saturated rings. The van der Waals surface area contributed by atoms with Gasteiger partial charge in [-0.3, -0.25) is 4.98 Å². The van der Waals surface area contributed by atoms with Crippen molar-refractivity contribution in [1.29, 1.82) is 0 Å². The van der Waals surface area contributed by atoms with Crippen LogP contribution in [0.5, 0.6) is 0 Å². The van der Waals surface area contributed by atoms with Crippen LogP contribution >= 0.6 is 0 Å². The van der Waals surface area contributed by atoms with Crippen LogP contribution in [-0.4, -0.2) is 4.98 Å². The van der Waals surface area contributed by atoms with Crippen molar-refractivity contribution in [3.63, 3.8) is 0 Å². The molecule has 6 aromatic carbocycles. The lowest BCUT2D eigenvalue weighted by atomic mass is 9.64. The molecule has 0 spiro atoms. The fourth-order valence-corrected chi connectivity index (χ4v) is 7.61. The summed E-state index contributed by atoms with van der Waals surface area (Å²) in [5.74, 6) is 0.0115. The first-order chi connectivity index (χ1) is 21.1. The summed E-state index contributed by atoms with van der Waals surface area (Å²) in [6, 6.07) is 48.0. The van der Waals surface area contributed by atoms with Crippen LogP contribution in [0.2, 0.25) is 0 Å². The van der Waals surface area contributed by atoms with Crippen molar-refractivity contribution >= 4 is 43.5 Å². The van der Waals surface area contributed by atoms with E-state index in [0.717, 1.165) is 38.9 Å². The molecular formula is C41H29NO. The van der Waals surface area contributed by atoms with Gasteiger partial charge in [-0.1, -0.05) is 123 Å². The Bertz CT molecular complexity index is 2330. The van der Waals surface area contributed by atoms with E-state index in [-0.39, 0.29) is 11.3 Å². The number of benzene rings is 6. The largest absolute Gasteiger partial charge is 0.456 e. The fourth-order valence-electron chi connectivity index (χ4n) is 7.61. The van der Waals surface area contributed by atoms with Crippen molar-refractivity contribution in [2.45, 2.75) is 25.2 Å². The van der Waals surface area contributed by atoms with Gasteiger partial charge in [-0.05, 0) is 62.7 Å². The van der Waals surface area contributed by atoms with Crippen molar-refractivity contribution in [1.82, 2.24) is 4.98 Å². The molecule has 2 heterocycles. The van der Waals surface area contributed by atoms with Gasteiger partial charge in [0, 0.05) is 27.1 Å². The van der Waals surface area contributed by atoms with Gasteiger partial charge >= 0.3 is 0 Å². The van der Waals surface area contributed by atoms with Gasteiger partial charge in [0.2, 0.25) is 0 Å². The Morgan fingerprint density at radius 2 is 1.16 bits per heavy atom. The highest BCUT2D eigenvalue weighted by molar-refractivity contribution is 6.27. The molecule has 2 heteroatoms. The molecule has 0 N–H and O–H groups in total. The van der Waals surface area contributed by atoms with Crippen LogP contribution in [0, 0.1) is 0 Å². The second-order valence-corrected chi connectivity index (χ2v) is 12.3. The predicted molar refractivity (Wildman–Crippen MR) is 178 cm³/mol. The van der Waals surface area contributed by atoms with E-state index in [1.54, 1.807) is 0 Å². The third kappa shape index (κ3) is 3.44. The maximum absolute atomic E-state index is 6.52. The highest BCUT2D eigenvalue weighted by Gasteiger charge is 2.38. The van der Waals surface area contributed by atoms with Crippen molar-refractivity contribution < 1.29 is 4.42 Å². The smallest absolute Gasteiger partial charge is 0.136 e. The summed E-state index contributed by atoms with van der Waals surface area (Å²) in [4.78, 5) is 5.54. The summed E-state index contributed by atoms with van der Waals surface area (Å²) in [6.45, 7) is 4.69. The monoisotopic (exact) mass is 551 g/mol. The first-order valence-electron chi connectivity index (χ1n) is 15.0. The van der Waals surface area contributed by atoms with Gasteiger partial charge in [0.1, 0.15) is 11.2 Å². The minimum absolute atomic E-state index is 0.0115. The molecule has 0 atom stereocenters. The lowest BCUT2D eigenvalue weighted by Crippen LogP contribution is -2.30. The lowest BCUT2D eigenvalue weighted by molar-refractivity contribution is 0.595. The molecule has 2 aromatic heterocycles. The van der Waals surface area contributed by atoms with Crippen molar-refractivity contribution in [2.75, 3.05) is 0 Å². The number of pyridine rings is 1. The first kappa shape index (κ1) is 24.4. The van der Waals surface area contributed by atoms with E-state index in [9.17, 15) is 0 Å². The normalized spacial score (nSPS) is 14.4. The number of rotatable bonds is 2. The summed E-state index contributed by atoms with van der Waals surface area (Å²) in [6.07, 6.45) is 0. The zero-order chi connectivity index (χ0) is 28.7. The number of fused-ring (bicyclic) bond motifs is 9. The quantitative estimate of drug-likeness (QED) is 0.214. The van der Waals surface area contributed by atoms with Gasteiger partial charge in [0.15, 0.2) is 0 Å². The average Bonchev–Trinajstić information content (AvgIpc) is 3.45. The highest BCUT2D eigenvalue weighted by Crippen LogP contribution is 2.50. The number of hydrogen-bond donors (Lipinski definition) is 0. The van der Waals surface area contributed by atoms with Crippen LogP contribution in [-0.2, 0) is 5.41 Å². The summed E-state index contributed by atoms with van der Waals surface area (Å²) >= 11 is 0. The van der Waals surface area contributed by atoms with Gasteiger partial charge in [0.05, 0.1) is 17.3 Å². The van der Waals surface area contributed by atoms with Gasteiger partial charge < -0.3 is 4.42 Å². The fraction of sp³-hybridized carbons (Fsp3) is 0.0976. The standard InChI is InChI=1S/C41H29NO/c1-41(2)32-18-10-8-16-29(32)37(30-17-9-11-19-33(30)41)34-24-31-28(40(42-34)26-13-4-3-5-14-26)21-23-36-39(31)38-27-15-7-6-12-25(27)20-22-35(38)43-36/h3-24,37H,1-2H3. The SMILES string of the molecule is CC1(C)c2ccccc2C(c2cc3c(ccc4oc5ccc6ccccc6c5c43)c(-c3ccccc3)n2)c2ccccc21. The third-order valence-corrected chi connectivity index (χ3v) is 9.59. The van der Waals surface area contributed by atoms with Crippen LogP contribution in [0.4, 0.5) is 0 Å². The van der Waals surface area contributed by atoms with Gasteiger partial charge in [0.25, 0.3) is 0 Å². The van der Waals surface area contributed by atoms with E-state index in [1.807, 2.05) is 0 Å². The highest BCUT2D eigenvalue weighted by atomic mass is 16.3. The van der Waals surface area contributed by atoms with Crippen LogP contribution < -0.4 is 0 Å². The number of nitrogens with zero attached hydrogens (tertiary/aromatic N) is 1. The summed E-state index contributed by atoms with van der Waals surface area (Å²) < 4.78 is 6.52. The maximum atomic E-state index is 6.52. The zero-order valence-corrected chi connectivity index (χ0v) is 24.1. The van der Waals surface area contributed by atoms with Gasteiger partial charge in [-0.2, -0.15) is 0 Å². The molecule has 1 aliphatic carbocycles. The molecule has 0 aliphatic heterocycles. The molecule has 204 valence electrons. The summed E-state index contributed by atoms with van der Waals surface area (Å²) in [7, 11) is 0. The number of aromatic nitrogens is 1. The number of hydrogen-bond acceptors (Lipinski definition) is 2. The topological polar surface area (TPSA) is 26.0 Å². The Kier molecular flexibility index (Phi) is 5.05. The molecule has 0 saturated carbocycles. The molecule has 0 unspecified atom stereocenters. The maximum Gasteiger partial charge on any atom is 0.136 e. The van der Waals surface area contributed by atoms with E-state index in [4.69, 9.17) is 9.40 Å². The van der Waals surface area contributed by atoms with E-state index < -0.39 is 0 Å². The second-order valence-electron chi connectivity index (χ2n) is 12.3. The van der Waals surface area contributed by atoms with E-state index >= 15 is 0 Å². The van der Waals surface area contributed by atoms with E-state index in [2.05, 4.69) is 147 Å². The Balaban J connectivity index is 1.45. The van der Waals surface area contributed by atoms with Gasteiger partial charge in [-0.15, -0.1) is 0 Å². The van der Waals surface area contributed by atoms with E-state index in [1.165, 1.54) is 43.8 Å². The average molecular weight is 552 g/mol. The van der Waals surface area contributed by atoms with Crippen molar-refractivity contribution in [3.05, 3.63) is 161 Å². The van der Waals surface area contributed by atoms with E-state index in [0.29, 0.717) is 0 Å². The summed E-state index contributed by atoms with van der Waals surface area (Å²) in [5.41, 5.74) is 10.3. The molecule has 0 saturated heterocycles. The second kappa shape index (κ2) is 8.89. The lowest BCUT2D eigenvalue weighted by Gasteiger charge is -2.39. The van der Waals surface area contributed by atoms with Crippen molar-refractivity contribution in [2.24, 2.45) is 0 Å². The van der Waals surface area contributed by atoms with Crippen molar-refractivity contribution in [3.8, 4) is 11.3 Å². The molecule has 0 radical (unpaired) electrons. The molecule has 0 amide bonds. The Morgan fingerprint density at radius 3 is 1.91 bits per heavy atom. The minimum atomic E-state index is -0.101. The minimum Gasteiger partial charge on any atom is -0.456 e. The first-order valence-corrected chi connectivity index (χ1v) is 15.0. The third-order valence-electron chi connectivity index (χ3n) is 9.59. The zero-order valence-electron chi connectivity index (χ0n) is 24.1. The molecular weight excluding hydrogens is 522 g/mol. The Hall–Kier alpha value is -5.21. The molecule has 9 rings (SSSR count). The Morgan fingerprint density at radius 1 is 0.558 bits per heavy atom. The molecule has 2 nitrogen and oxygen atoms in total. The van der Waals surface area contributed by atoms with Crippen LogP contribution in [0.25, 0.3) is 54.7 Å².